The third kappa shape index (κ3) is 2.22. The van der Waals surface area contributed by atoms with Crippen LogP contribution in [-0.4, -0.2) is 5.91 Å². The van der Waals surface area contributed by atoms with Crippen molar-refractivity contribution in [3.8, 4) is 11.5 Å². The monoisotopic (exact) mass is 308 g/mol. The lowest BCUT2D eigenvalue weighted by molar-refractivity contribution is -0.116. The zero-order valence-corrected chi connectivity index (χ0v) is 11.7. The SMILES string of the molecule is NC1C(=O)Nc2cc(Oc3ccccc3Cl)c(Cl)cc21. The number of hydrogen-bond acceptors (Lipinski definition) is 3. The van der Waals surface area contributed by atoms with Crippen LogP contribution in [0.3, 0.4) is 0 Å². The molecule has 3 N–H and O–H groups in total. The summed E-state index contributed by atoms with van der Waals surface area (Å²) >= 11 is 12.2. The van der Waals surface area contributed by atoms with Crippen molar-refractivity contribution in [2.75, 3.05) is 5.32 Å². The molecule has 4 nitrogen and oxygen atoms in total. The fourth-order valence-corrected chi connectivity index (χ4v) is 2.40. The molecule has 1 heterocycles. The molecule has 2 aromatic rings. The van der Waals surface area contributed by atoms with Crippen LogP contribution in [0.4, 0.5) is 5.69 Å². The van der Waals surface area contributed by atoms with Gasteiger partial charge >= 0.3 is 0 Å². The topological polar surface area (TPSA) is 64.4 Å². The molecule has 1 aliphatic rings. The molecule has 0 aliphatic carbocycles. The first-order valence-electron chi connectivity index (χ1n) is 5.88. The van der Waals surface area contributed by atoms with Gasteiger partial charge in [-0.1, -0.05) is 35.3 Å². The van der Waals surface area contributed by atoms with Crippen LogP contribution in [-0.2, 0) is 4.79 Å². The Hall–Kier alpha value is -1.75. The van der Waals surface area contributed by atoms with E-state index in [-0.39, 0.29) is 5.91 Å². The molecule has 1 unspecified atom stereocenters. The highest BCUT2D eigenvalue weighted by Gasteiger charge is 2.28. The first-order chi connectivity index (χ1) is 9.56. The maximum atomic E-state index is 11.5. The normalized spacial score (nSPS) is 16.8. The second-order valence-electron chi connectivity index (χ2n) is 4.37. The van der Waals surface area contributed by atoms with Gasteiger partial charge in [-0.2, -0.15) is 0 Å². The van der Waals surface area contributed by atoms with Crippen LogP contribution < -0.4 is 15.8 Å². The maximum absolute atomic E-state index is 11.5. The molecule has 1 amide bonds. The number of hydrogen-bond donors (Lipinski definition) is 2. The number of ether oxygens (including phenoxy) is 1. The van der Waals surface area contributed by atoms with Crippen molar-refractivity contribution < 1.29 is 9.53 Å². The summed E-state index contributed by atoms with van der Waals surface area (Å²) in [5.41, 5.74) is 7.02. The number of carbonyl (C=O) groups is 1. The van der Waals surface area contributed by atoms with Crippen LogP contribution in [0.2, 0.25) is 10.0 Å². The molecular formula is C14H10Cl2N2O2. The van der Waals surface area contributed by atoms with E-state index in [0.29, 0.717) is 32.8 Å². The third-order valence-electron chi connectivity index (χ3n) is 3.04. The molecule has 0 bridgehead atoms. The van der Waals surface area contributed by atoms with Crippen molar-refractivity contribution in [2.24, 2.45) is 5.73 Å². The standard InChI is InChI=1S/C14H10Cl2N2O2/c15-8-3-1-2-4-11(8)20-12-6-10-7(5-9(12)16)13(17)14(19)18-10/h1-6,13H,17H2,(H,18,19). The number of nitrogens with two attached hydrogens (primary N) is 1. The van der Waals surface area contributed by atoms with Crippen LogP contribution in [0.5, 0.6) is 11.5 Å². The minimum atomic E-state index is -0.697. The lowest BCUT2D eigenvalue weighted by Crippen LogP contribution is -2.19. The first kappa shape index (κ1) is 13.2. The zero-order valence-electron chi connectivity index (χ0n) is 10.2. The molecule has 0 saturated heterocycles. The van der Waals surface area contributed by atoms with E-state index >= 15 is 0 Å². The highest BCUT2D eigenvalue weighted by Crippen LogP contribution is 2.40. The highest BCUT2D eigenvalue weighted by molar-refractivity contribution is 6.33. The van der Waals surface area contributed by atoms with Crippen LogP contribution in [0.25, 0.3) is 0 Å². The van der Waals surface area contributed by atoms with E-state index in [0.717, 1.165) is 0 Å². The zero-order chi connectivity index (χ0) is 14.3. The summed E-state index contributed by atoms with van der Waals surface area (Å²) in [6.07, 6.45) is 0. The first-order valence-corrected chi connectivity index (χ1v) is 6.64. The molecule has 1 aliphatic heterocycles. The molecule has 0 fully saturated rings. The van der Waals surface area contributed by atoms with E-state index in [9.17, 15) is 4.79 Å². The lowest BCUT2D eigenvalue weighted by Gasteiger charge is -2.11. The summed E-state index contributed by atoms with van der Waals surface area (Å²) in [4.78, 5) is 11.5. The quantitative estimate of drug-likeness (QED) is 0.888. The number of carbonyl (C=O) groups excluding carboxylic acids is 1. The van der Waals surface area contributed by atoms with Gasteiger partial charge in [-0.25, -0.2) is 0 Å². The minimum absolute atomic E-state index is 0.258. The number of rotatable bonds is 2. The lowest BCUT2D eigenvalue weighted by atomic mass is 10.1. The van der Waals surface area contributed by atoms with Crippen molar-refractivity contribution in [1.82, 2.24) is 0 Å². The summed E-state index contributed by atoms with van der Waals surface area (Å²) in [5.74, 6) is 0.642. The molecule has 1 atom stereocenters. The summed E-state index contributed by atoms with van der Waals surface area (Å²) in [7, 11) is 0. The van der Waals surface area contributed by atoms with E-state index in [1.807, 2.05) is 0 Å². The van der Waals surface area contributed by atoms with Gasteiger partial charge in [-0.05, 0) is 18.2 Å². The largest absolute Gasteiger partial charge is 0.454 e. The van der Waals surface area contributed by atoms with E-state index in [4.69, 9.17) is 33.7 Å². The fraction of sp³-hybridized carbons (Fsp3) is 0.0714. The van der Waals surface area contributed by atoms with Crippen molar-refractivity contribution >= 4 is 34.8 Å². The molecule has 3 rings (SSSR count). The molecule has 0 aromatic heterocycles. The number of anilines is 1. The Morgan fingerprint density at radius 2 is 1.85 bits per heavy atom. The minimum Gasteiger partial charge on any atom is -0.454 e. The Kier molecular flexibility index (Phi) is 3.30. The number of benzene rings is 2. The van der Waals surface area contributed by atoms with Gasteiger partial charge in [0.1, 0.15) is 17.5 Å². The second-order valence-corrected chi connectivity index (χ2v) is 5.18. The third-order valence-corrected chi connectivity index (χ3v) is 3.64. The number of fused-ring (bicyclic) bond motifs is 1. The van der Waals surface area contributed by atoms with Crippen molar-refractivity contribution in [3.05, 3.63) is 52.0 Å². The van der Waals surface area contributed by atoms with Crippen LogP contribution in [0.15, 0.2) is 36.4 Å². The van der Waals surface area contributed by atoms with Gasteiger partial charge in [-0.3, -0.25) is 4.79 Å². The summed E-state index contributed by atoms with van der Waals surface area (Å²) in [6, 6.07) is 9.64. The summed E-state index contributed by atoms with van der Waals surface area (Å²) < 4.78 is 5.68. The summed E-state index contributed by atoms with van der Waals surface area (Å²) in [5, 5.41) is 3.53. The molecular weight excluding hydrogens is 299 g/mol. The van der Waals surface area contributed by atoms with Gasteiger partial charge in [0.2, 0.25) is 5.91 Å². The van der Waals surface area contributed by atoms with Gasteiger partial charge in [0, 0.05) is 17.3 Å². The molecule has 0 radical (unpaired) electrons. The molecule has 102 valence electrons. The van der Waals surface area contributed by atoms with Crippen molar-refractivity contribution in [1.29, 1.82) is 0 Å². The number of para-hydroxylation sites is 1. The Labute approximate surface area is 125 Å². The average molecular weight is 309 g/mol. The summed E-state index contributed by atoms with van der Waals surface area (Å²) in [6.45, 7) is 0. The maximum Gasteiger partial charge on any atom is 0.245 e. The molecule has 0 saturated carbocycles. The predicted molar refractivity (Wildman–Crippen MR) is 78.5 cm³/mol. The molecule has 2 aromatic carbocycles. The number of nitrogens with one attached hydrogen (secondary N) is 1. The van der Waals surface area contributed by atoms with Gasteiger partial charge in [-0.15, -0.1) is 0 Å². The molecule has 20 heavy (non-hydrogen) atoms. The highest BCUT2D eigenvalue weighted by atomic mass is 35.5. The molecule has 0 spiro atoms. The Morgan fingerprint density at radius 3 is 2.60 bits per heavy atom. The van der Waals surface area contributed by atoms with E-state index in [1.54, 1.807) is 36.4 Å². The molecule has 6 heteroatoms. The van der Waals surface area contributed by atoms with Crippen LogP contribution in [0.1, 0.15) is 11.6 Å². The smallest absolute Gasteiger partial charge is 0.245 e. The van der Waals surface area contributed by atoms with E-state index < -0.39 is 6.04 Å². The Bertz CT molecular complexity index is 704. The number of halogens is 2. The Morgan fingerprint density at radius 1 is 1.10 bits per heavy atom. The van der Waals surface area contributed by atoms with Gasteiger partial charge in [0.05, 0.1) is 10.0 Å². The average Bonchev–Trinajstić information content (AvgIpc) is 2.69. The van der Waals surface area contributed by atoms with E-state index in [2.05, 4.69) is 5.32 Å². The van der Waals surface area contributed by atoms with Crippen molar-refractivity contribution in [2.45, 2.75) is 6.04 Å². The second kappa shape index (κ2) is 4.98. The van der Waals surface area contributed by atoms with E-state index in [1.165, 1.54) is 0 Å². The number of amides is 1. The van der Waals surface area contributed by atoms with Crippen LogP contribution >= 0.6 is 23.2 Å². The fourth-order valence-electron chi connectivity index (χ4n) is 2.01. The Balaban J connectivity index is 1.99. The predicted octanol–water partition coefficient (Wildman–Crippen LogP) is 3.74. The van der Waals surface area contributed by atoms with Gasteiger partial charge in [0.25, 0.3) is 0 Å². The van der Waals surface area contributed by atoms with Crippen LogP contribution in [0, 0.1) is 0 Å². The van der Waals surface area contributed by atoms with Gasteiger partial charge in [0.15, 0.2) is 0 Å². The van der Waals surface area contributed by atoms with Gasteiger partial charge < -0.3 is 15.8 Å². The van der Waals surface area contributed by atoms with Crippen molar-refractivity contribution in [3.63, 3.8) is 0 Å².